The number of hydrogen-bond donors (Lipinski definition) is 1. The van der Waals surface area contributed by atoms with E-state index in [0.29, 0.717) is 12.2 Å². The maximum absolute atomic E-state index is 12.1. The van der Waals surface area contributed by atoms with Gasteiger partial charge in [-0.3, -0.25) is 4.79 Å². The summed E-state index contributed by atoms with van der Waals surface area (Å²) in [4.78, 5) is 14.0. The first-order chi connectivity index (χ1) is 7.58. The molecule has 0 bridgehead atoms. The standard InChI is InChI=1S/C13H16N2O/c1-9(2)8-15-6-5-10-3-4-11(14)7-12(10)13(15)16/h3-4,7H,1,5-6,8,14H2,2H3. The smallest absolute Gasteiger partial charge is 0.254 e. The van der Waals surface area contributed by atoms with Crippen LogP contribution in [0, 0.1) is 0 Å². The van der Waals surface area contributed by atoms with Crippen molar-refractivity contribution in [3.8, 4) is 0 Å². The fourth-order valence-electron chi connectivity index (χ4n) is 2.02. The average Bonchev–Trinajstić information content (AvgIpc) is 2.22. The van der Waals surface area contributed by atoms with Gasteiger partial charge in [0.25, 0.3) is 5.91 Å². The molecule has 1 amide bonds. The highest BCUT2D eigenvalue weighted by atomic mass is 16.2. The number of hydrogen-bond acceptors (Lipinski definition) is 2. The molecule has 0 saturated heterocycles. The van der Waals surface area contributed by atoms with Gasteiger partial charge in [0.2, 0.25) is 0 Å². The van der Waals surface area contributed by atoms with E-state index in [1.165, 1.54) is 0 Å². The molecule has 1 aliphatic heterocycles. The number of benzene rings is 1. The number of fused-ring (bicyclic) bond motifs is 1. The molecule has 0 aromatic heterocycles. The highest BCUT2D eigenvalue weighted by molar-refractivity contribution is 5.97. The molecule has 0 atom stereocenters. The summed E-state index contributed by atoms with van der Waals surface area (Å²) < 4.78 is 0. The van der Waals surface area contributed by atoms with Gasteiger partial charge in [-0.2, -0.15) is 0 Å². The lowest BCUT2D eigenvalue weighted by Gasteiger charge is -2.28. The van der Waals surface area contributed by atoms with Crippen molar-refractivity contribution in [1.82, 2.24) is 4.90 Å². The zero-order valence-electron chi connectivity index (χ0n) is 9.49. The second-order valence-electron chi connectivity index (χ2n) is 4.35. The van der Waals surface area contributed by atoms with Crippen LogP contribution in [0.15, 0.2) is 30.4 Å². The Bertz CT molecular complexity index is 451. The largest absolute Gasteiger partial charge is 0.399 e. The minimum absolute atomic E-state index is 0.0663. The van der Waals surface area contributed by atoms with E-state index in [0.717, 1.165) is 29.7 Å². The maximum Gasteiger partial charge on any atom is 0.254 e. The number of amides is 1. The van der Waals surface area contributed by atoms with Crippen LogP contribution in [0.1, 0.15) is 22.8 Å². The molecule has 0 fully saturated rings. The summed E-state index contributed by atoms with van der Waals surface area (Å²) in [6.45, 7) is 7.17. The third-order valence-corrected chi connectivity index (χ3v) is 2.76. The van der Waals surface area contributed by atoms with Gasteiger partial charge in [0.05, 0.1) is 0 Å². The number of anilines is 1. The number of rotatable bonds is 2. The van der Waals surface area contributed by atoms with E-state index in [4.69, 9.17) is 5.73 Å². The van der Waals surface area contributed by atoms with Crippen LogP contribution in [0.3, 0.4) is 0 Å². The number of carbonyl (C=O) groups is 1. The zero-order valence-corrected chi connectivity index (χ0v) is 9.49. The third-order valence-electron chi connectivity index (χ3n) is 2.76. The van der Waals surface area contributed by atoms with Gasteiger partial charge in [0.1, 0.15) is 0 Å². The van der Waals surface area contributed by atoms with Gasteiger partial charge in [-0.15, -0.1) is 0 Å². The molecule has 2 N–H and O–H groups in total. The Kier molecular flexibility index (Phi) is 2.69. The molecule has 0 spiro atoms. The molecule has 2 rings (SSSR count). The van der Waals surface area contributed by atoms with Crippen molar-refractivity contribution in [2.75, 3.05) is 18.8 Å². The van der Waals surface area contributed by atoms with E-state index in [-0.39, 0.29) is 5.91 Å². The molecular formula is C13H16N2O. The predicted molar refractivity (Wildman–Crippen MR) is 65.3 cm³/mol. The minimum Gasteiger partial charge on any atom is -0.399 e. The lowest BCUT2D eigenvalue weighted by atomic mass is 9.98. The van der Waals surface area contributed by atoms with E-state index in [2.05, 4.69) is 6.58 Å². The van der Waals surface area contributed by atoms with Gasteiger partial charge in [-0.1, -0.05) is 18.2 Å². The normalized spacial score (nSPS) is 14.8. The van der Waals surface area contributed by atoms with Crippen molar-refractivity contribution in [2.45, 2.75) is 13.3 Å². The Morgan fingerprint density at radius 3 is 3.00 bits per heavy atom. The van der Waals surface area contributed by atoms with Crippen molar-refractivity contribution in [3.05, 3.63) is 41.5 Å². The fraction of sp³-hybridized carbons (Fsp3) is 0.308. The Morgan fingerprint density at radius 2 is 2.31 bits per heavy atom. The lowest BCUT2D eigenvalue weighted by Crippen LogP contribution is -2.38. The van der Waals surface area contributed by atoms with Crippen molar-refractivity contribution in [1.29, 1.82) is 0 Å². The van der Waals surface area contributed by atoms with Crippen molar-refractivity contribution in [3.63, 3.8) is 0 Å². The Morgan fingerprint density at radius 1 is 1.56 bits per heavy atom. The zero-order chi connectivity index (χ0) is 11.7. The average molecular weight is 216 g/mol. The van der Waals surface area contributed by atoms with E-state index >= 15 is 0 Å². The quantitative estimate of drug-likeness (QED) is 0.605. The van der Waals surface area contributed by atoms with E-state index in [1.807, 2.05) is 24.0 Å². The van der Waals surface area contributed by atoms with Crippen LogP contribution in [0.25, 0.3) is 0 Å². The van der Waals surface area contributed by atoms with Gasteiger partial charge in [-0.25, -0.2) is 0 Å². The molecule has 1 aromatic rings. The molecule has 1 aliphatic rings. The Labute approximate surface area is 95.6 Å². The Balaban J connectivity index is 2.30. The van der Waals surface area contributed by atoms with E-state index in [9.17, 15) is 4.79 Å². The number of carbonyl (C=O) groups excluding carboxylic acids is 1. The summed E-state index contributed by atoms with van der Waals surface area (Å²) in [6, 6.07) is 5.56. The van der Waals surface area contributed by atoms with Crippen LogP contribution in [0.4, 0.5) is 5.69 Å². The summed E-state index contributed by atoms with van der Waals surface area (Å²) in [5, 5.41) is 0. The molecule has 84 valence electrons. The minimum atomic E-state index is 0.0663. The lowest BCUT2D eigenvalue weighted by molar-refractivity contribution is 0.0755. The number of nitrogen functional groups attached to an aromatic ring is 1. The monoisotopic (exact) mass is 216 g/mol. The summed E-state index contributed by atoms with van der Waals surface area (Å²) in [7, 11) is 0. The molecule has 0 aliphatic carbocycles. The van der Waals surface area contributed by atoms with Gasteiger partial charge >= 0.3 is 0 Å². The van der Waals surface area contributed by atoms with Crippen LogP contribution >= 0.6 is 0 Å². The molecule has 0 radical (unpaired) electrons. The van der Waals surface area contributed by atoms with E-state index in [1.54, 1.807) is 6.07 Å². The van der Waals surface area contributed by atoms with Crippen LogP contribution in [0.5, 0.6) is 0 Å². The molecular weight excluding hydrogens is 200 g/mol. The van der Waals surface area contributed by atoms with E-state index < -0.39 is 0 Å². The first-order valence-electron chi connectivity index (χ1n) is 5.40. The van der Waals surface area contributed by atoms with Gasteiger partial charge in [0.15, 0.2) is 0 Å². The summed E-state index contributed by atoms with van der Waals surface area (Å²) in [5.41, 5.74) is 9.18. The summed E-state index contributed by atoms with van der Waals surface area (Å²) in [6.07, 6.45) is 0.897. The molecule has 16 heavy (non-hydrogen) atoms. The topological polar surface area (TPSA) is 46.3 Å². The van der Waals surface area contributed by atoms with Crippen molar-refractivity contribution in [2.24, 2.45) is 0 Å². The first-order valence-corrected chi connectivity index (χ1v) is 5.40. The molecule has 3 nitrogen and oxygen atoms in total. The molecule has 0 unspecified atom stereocenters. The molecule has 1 heterocycles. The third kappa shape index (κ3) is 1.94. The summed E-state index contributed by atoms with van der Waals surface area (Å²) in [5.74, 6) is 0.0663. The van der Waals surface area contributed by atoms with Crippen LogP contribution in [0.2, 0.25) is 0 Å². The molecule has 3 heteroatoms. The fourth-order valence-corrected chi connectivity index (χ4v) is 2.02. The Hall–Kier alpha value is -1.77. The van der Waals surface area contributed by atoms with Crippen molar-refractivity contribution >= 4 is 11.6 Å². The number of nitrogens with zero attached hydrogens (tertiary/aromatic N) is 1. The molecule has 1 aromatic carbocycles. The van der Waals surface area contributed by atoms with Crippen molar-refractivity contribution < 1.29 is 4.79 Å². The SMILES string of the molecule is C=C(C)CN1CCc2ccc(N)cc2C1=O. The van der Waals surface area contributed by atoms with Gasteiger partial charge in [-0.05, 0) is 31.0 Å². The van der Waals surface area contributed by atoms with Gasteiger partial charge < -0.3 is 10.6 Å². The predicted octanol–water partition coefficient (Wildman–Crippen LogP) is 1.84. The first kappa shape index (κ1) is 10.7. The maximum atomic E-state index is 12.1. The highest BCUT2D eigenvalue weighted by Crippen LogP contribution is 2.21. The second kappa shape index (κ2) is 4.00. The highest BCUT2D eigenvalue weighted by Gasteiger charge is 2.23. The number of nitrogens with two attached hydrogens (primary N) is 1. The molecule has 0 saturated carbocycles. The van der Waals surface area contributed by atoms with Crippen LogP contribution in [-0.4, -0.2) is 23.9 Å². The summed E-state index contributed by atoms with van der Waals surface area (Å²) >= 11 is 0. The van der Waals surface area contributed by atoms with Gasteiger partial charge in [0, 0.05) is 24.3 Å². The van der Waals surface area contributed by atoms with Crippen LogP contribution in [-0.2, 0) is 6.42 Å². The van der Waals surface area contributed by atoms with Crippen LogP contribution < -0.4 is 5.73 Å². The second-order valence-corrected chi connectivity index (χ2v) is 4.35.